The minimum absolute atomic E-state index is 0.0425. The molecule has 0 aromatic heterocycles. The number of fused-ring (bicyclic) bond motifs is 1. The SMILES string of the molecule is [N-]=[N+]=NCCCN1C(=O)CCOc2ccccc21. The molecule has 1 aliphatic rings. The maximum atomic E-state index is 12.0. The summed E-state index contributed by atoms with van der Waals surface area (Å²) in [4.78, 5) is 16.4. The molecule has 0 unspecified atom stereocenters. The van der Waals surface area contributed by atoms with E-state index >= 15 is 0 Å². The predicted octanol–water partition coefficient (Wildman–Crippen LogP) is 2.50. The summed E-state index contributed by atoms with van der Waals surface area (Å²) in [6.07, 6.45) is 1.01. The van der Waals surface area contributed by atoms with Crippen LogP contribution in [0.4, 0.5) is 5.69 Å². The van der Waals surface area contributed by atoms with Gasteiger partial charge in [0.05, 0.1) is 18.7 Å². The third-order valence-electron chi connectivity index (χ3n) is 2.73. The summed E-state index contributed by atoms with van der Waals surface area (Å²) in [5, 5.41) is 3.47. The fourth-order valence-electron chi connectivity index (χ4n) is 1.91. The van der Waals surface area contributed by atoms with E-state index in [1.165, 1.54) is 0 Å². The zero-order valence-corrected chi connectivity index (χ0v) is 9.95. The number of carbonyl (C=O) groups is 1. The lowest BCUT2D eigenvalue weighted by Gasteiger charge is -2.21. The summed E-state index contributed by atoms with van der Waals surface area (Å²) in [6, 6.07) is 7.48. The van der Waals surface area contributed by atoms with Crippen LogP contribution in [0.5, 0.6) is 5.75 Å². The third kappa shape index (κ3) is 2.73. The smallest absolute Gasteiger partial charge is 0.230 e. The van der Waals surface area contributed by atoms with Crippen LogP contribution >= 0.6 is 0 Å². The van der Waals surface area contributed by atoms with Crippen LogP contribution in [-0.4, -0.2) is 25.6 Å². The third-order valence-corrected chi connectivity index (χ3v) is 2.73. The van der Waals surface area contributed by atoms with Gasteiger partial charge < -0.3 is 9.64 Å². The van der Waals surface area contributed by atoms with Crippen molar-refractivity contribution in [3.63, 3.8) is 0 Å². The first-order chi connectivity index (χ1) is 8.83. The van der Waals surface area contributed by atoms with E-state index in [2.05, 4.69) is 10.0 Å². The van der Waals surface area contributed by atoms with Gasteiger partial charge in [0.2, 0.25) is 5.91 Å². The average Bonchev–Trinajstić information content (AvgIpc) is 2.54. The molecule has 1 aliphatic heterocycles. The topological polar surface area (TPSA) is 78.3 Å². The number of hydrogen-bond donors (Lipinski definition) is 0. The second-order valence-corrected chi connectivity index (χ2v) is 3.92. The molecular weight excluding hydrogens is 232 g/mol. The van der Waals surface area contributed by atoms with Crippen LogP contribution in [0.2, 0.25) is 0 Å². The van der Waals surface area contributed by atoms with Gasteiger partial charge in [-0.1, -0.05) is 17.2 Å². The molecule has 0 fully saturated rings. The Hall–Kier alpha value is -2.20. The fourth-order valence-corrected chi connectivity index (χ4v) is 1.91. The van der Waals surface area contributed by atoms with E-state index in [0.717, 1.165) is 11.4 Å². The molecule has 6 heteroatoms. The maximum Gasteiger partial charge on any atom is 0.230 e. The highest BCUT2D eigenvalue weighted by Gasteiger charge is 2.22. The van der Waals surface area contributed by atoms with Gasteiger partial charge in [0.1, 0.15) is 5.75 Å². The van der Waals surface area contributed by atoms with Crippen LogP contribution in [0, 0.1) is 0 Å². The fraction of sp³-hybridized carbons (Fsp3) is 0.417. The molecule has 1 aromatic carbocycles. The Bertz CT molecular complexity index is 483. The van der Waals surface area contributed by atoms with Crippen molar-refractivity contribution in [3.05, 3.63) is 34.7 Å². The van der Waals surface area contributed by atoms with Gasteiger partial charge in [0.25, 0.3) is 0 Å². The Labute approximate surface area is 105 Å². The summed E-state index contributed by atoms with van der Waals surface area (Å²) in [5.74, 6) is 0.771. The van der Waals surface area contributed by atoms with E-state index in [1.54, 1.807) is 4.90 Å². The Kier molecular flexibility index (Phi) is 4.04. The molecule has 18 heavy (non-hydrogen) atoms. The number of nitrogens with zero attached hydrogens (tertiary/aromatic N) is 4. The molecule has 0 atom stereocenters. The van der Waals surface area contributed by atoms with Crippen LogP contribution in [0.25, 0.3) is 10.4 Å². The molecule has 1 amide bonds. The largest absolute Gasteiger partial charge is 0.491 e. The van der Waals surface area contributed by atoms with Crippen LogP contribution in [0.3, 0.4) is 0 Å². The molecule has 0 aliphatic carbocycles. The van der Waals surface area contributed by atoms with Crippen LogP contribution in [-0.2, 0) is 4.79 Å². The van der Waals surface area contributed by atoms with Crippen molar-refractivity contribution in [3.8, 4) is 5.75 Å². The Morgan fingerprint density at radius 2 is 2.28 bits per heavy atom. The number of para-hydroxylation sites is 2. The number of benzene rings is 1. The molecule has 0 N–H and O–H groups in total. The van der Waals surface area contributed by atoms with Crippen LogP contribution < -0.4 is 9.64 Å². The summed E-state index contributed by atoms with van der Waals surface area (Å²) in [6.45, 7) is 1.34. The van der Waals surface area contributed by atoms with E-state index < -0.39 is 0 Å². The monoisotopic (exact) mass is 246 g/mol. The van der Waals surface area contributed by atoms with E-state index in [4.69, 9.17) is 10.3 Å². The van der Waals surface area contributed by atoms with Gasteiger partial charge >= 0.3 is 0 Å². The Morgan fingerprint density at radius 3 is 3.11 bits per heavy atom. The normalized spacial score (nSPS) is 14.2. The van der Waals surface area contributed by atoms with E-state index in [-0.39, 0.29) is 5.91 Å². The Morgan fingerprint density at radius 1 is 1.44 bits per heavy atom. The second-order valence-electron chi connectivity index (χ2n) is 3.92. The van der Waals surface area contributed by atoms with Crippen molar-refractivity contribution in [1.82, 2.24) is 0 Å². The number of amides is 1. The molecule has 1 aromatic rings. The Balaban J connectivity index is 2.15. The molecule has 6 nitrogen and oxygen atoms in total. The number of hydrogen-bond acceptors (Lipinski definition) is 3. The summed E-state index contributed by atoms with van der Waals surface area (Å²) in [7, 11) is 0. The quantitative estimate of drug-likeness (QED) is 0.354. The number of ether oxygens (including phenoxy) is 1. The summed E-state index contributed by atoms with van der Waals surface area (Å²) < 4.78 is 5.53. The van der Waals surface area contributed by atoms with Gasteiger partial charge in [0, 0.05) is 18.0 Å². The molecule has 0 radical (unpaired) electrons. The van der Waals surface area contributed by atoms with Gasteiger partial charge in [-0.15, -0.1) is 0 Å². The highest BCUT2D eigenvalue weighted by molar-refractivity contribution is 5.95. The molecule has 1 heterocycles. The molecule has 0 bridgehead atoms. The predicted molar refractivity (Wildman–Crippen MR) is 67.5 cm³/mol. The van der Waals surface area contributed by atoms with Crippen molar-refractivity contribution >= 4 is 11.6 Å². The molecule has 0 saturated heterocycles. The number of rotatable bonds is 4. The van der Waals surface area contributed by atoms with Gasteiger partial charge in [-0.3, -0.25) is 4.79 Å². The molecule has 2 rings (SSSR count). The molecule has 0 spiro atoms. The first-order valence-electron chi connectivity index (χ1n) is 5.86. The van der Waals surface area contributed by atoms with Gasteiger partial charge in [0.15, 0.2) is 0 Å². The number of carbonyl (C=O) groups excluding carboxylic acids is 1. The maximum absolute atomic E-state index is 12.0. The number of azide groups is 1. The van der Waals surface area contributed by atoms with Gasteiger partial charge in [-0.05, 0) is 24.1 Å². The average molecular weight is 246 g/mol. The van der Waals surface area contributed by atoms with E-state index in [0.29, 0.717) is 32.5 Å². The zero-order valence-electron chi connectivity index (χ0n) is 9.95. The zero-order chi connectivity index (χ0) is 12.8. The van der Waals surface area contributed by atoms with Crippen molar-refractivity contribution in [2.75, 3.05) is 24.6 Å². The van der Waals surface area contributed by atoms with Crippen LogP contribution in [0.15, 0.2) is 29.4 Å². The summed E-state index contributed by atoms with van der Waals surface area (Å²) >= 11 is 0. The van der Waals surface area contributed by atoms with E-state index in [1.807, 2.05) is 24.3 Å². The standard InChI is InChI=1S/C12H14N4O2/c13-15-14-7-3-8-16-10-4-1-2-5-11(10)18-9-6-12(16)17/h1-2,4-5H,3,6-9H2. The first kappa shape index (κ1) is 12.3. The molecule has 94 valence electrons. The summed E-state index contributed by atoms with van der Waals surface area (Å²) in [5.41, 5.74) is 9.01. The lowest BCUT2D eigenvalue weighted by atomic mass is 10.2. The van der Waals surface area contributed by atoms with Crippen molar-refractivity contribution in [2.45, 2.75) is 12.8 Å². The van der Waals surface area contributed by atoms with E-state index in [9.17, 15) is 4.79 Å². The number of anilines is 1. The van der Waals surface area contributed by atoms with Crippen molar-refractivity contribution in [1.29, 1.82) is 0 Å². The molecular formula is C12H14N4O2. The minimum Gasteiger partial charge on any atom is -0.491 e. The van der Waals surface area contributed by atoms with Crippen molar-refractivity contribution in [2.24, 2.45) is 5.11 Å². The highest BCUT2D eigenvalue weighted by atomic mass is 16.5. The van der Waals surface area contributed by atoms with Crippen LogP contribution in [0.1, 0.15) is 12.8 Å². The molecule has 0 saturated carbocycles. The van der Waals surface area contributed by atoms with Gasteiger partial charge in [-0.2, -0.15) is 0 Å². The minimum atomic E-state index is 0.0425. The lowest BCUT2D eigenvalue weighted by molar-refractivity contribution is -0.118. The second kappa shape index (κ2) is 5.93. The van der Waals surface area contributed by atoms with Gasteiger partial charge in [-0.25, -0.2) is 0 Å². The first-order valence-corrected chi connectivity index (χ1v) is 5.86. The van der Waals surface area contributed by atoms with Crippen molar-refractivity contribution < 1.29 is 9.53 Å². The lowest BCUT2D eigenvalue weighted by Crippen LogP contribution is -2.31. The highest BCUT2D eigenvalue weighted by Crippen LogP contribution is 2.30.